The largest absolute Gasteiger partial charge is 0.456 e. The highest BCUT2D eigenvalue weighted by molar-refractivity contribution is 9.10. The van der Waals surface area contributed by atoms with Crippen LogP contribution in [0.1, 0.15) is 29.0 Å². The quantitative estimate of drug-likeness (QED) is 0.322. The molecular weight excluding hydrogens is 392 g/mol. The van der Waals surface area contributed by atoms with Gasteiger partial charge >= 0.3 is 0 Å². The summed E-state index contributed by atoms with van der Waals surface area (Å²) in [6.07, 6.45) is 2.00. The third-order valence-electron chi connectivity index (χ3n) is 5.20. The number of thiocarbonyl (C=S) groups is 1. The fourth-order valence-electron chi connectivity index (χ4n) is 3.99. The number of benzene rings is 3. The molecule has 0 aliphatic heterocycles. The zero-order valence-electron chi connectivity index (χ0n) is 13.5. The third kappa shape index (κ3) is 2.30. The lowest BCUT2D eigenvalue weighted by Crippen LogP contribution is -2.20. The first-order valence-corrected chi connectivity index (χ1v) is 9.66. The molecule has 0 fully saturated rings. The summed E-state index contributed by atoms with van der Waals surface area (Å²) in [7, 11) is 0. The summed E-state index contributed by atoms with van der Waals surface area (Å²) in [5.74, 6) is 0.278. The van der Waals surface area contributed by atoms with Crippen LogP contribution in [0.3, 0.4) is 0 Å². The van der Waals surface area contributed by atoms with Crippen molar-refractivity contribution < 1.29 is 4.42 Å². The fraction of sp³-hybridized carbons (Fsp3) is 0.136. The zero-order valence-corrected chi connectivity index (χ0v) is 15.9. The first-order chi connectivity index (χ1) is 12.2. The average molecular weight is 407 g/mol. The lowest BCUT2D eigenvalue weighted by molar-refractivity contribution is 0.653. The molecular formula is C22H15BrOS. The normalized spacial score (nSPS) is 17.2. The second kappa shape index (κ2) is 5.79. The maximum atomic E-state index is 6.19. The molecule has 1 nitrogen and oxygen atoms in total. The Hall–Kier alpha value is -1.97. The lowest BCUT2D eigenvalue weighted by atomic mass is 9.79. The zero-order chi connectivity index (χ0) is 17.0. The molecule has 1 aliphatic rings. The SMILES string of the molecule is S=C1c2ccc3c(oc4ccccc43)c2CCC1c1ccccc1Br. The molecule has 0 saturated heterocycles. The predicted octanol–water partition coefficient (Wildman–Crippen LogP) is 6.80. The van der Waals surface area contributed by atoms with Crippen molar-refractivity contribution in [3.8, 4) is 0 Å². The third-order valence-corrected chi connectivity index (χ3v) is 6.42. The molecule has 1 heterocycles. The first kappa shape index (κ1) is 15.3. The molecule has 0 N–H and O–H groups in total. The van der Waals surface area contributed by atoms with E-state index in [-0.39, 0.29) is 5.92 Å². The predicted molar refractivity (Wildman–Crippen MR) is 111 cm³/mol. The maximum Gasteiger partial charge on any atom is 0.139 e. The van der Waals surface area contributed by atoms with E-state index >= 15 is 0 Å². The second-order valence-corrected chi connectivity index (χ2v) is 7.84. The van der Waals surface area contributed by atoms with Crippen molar-refractivity contribution >= 4 is 55.0 Å². The van der Waals surface area contributed by atoms with Gasteiger partial charge in [0.05, 0.1) is 0 Å². The van der Waals surface area contributed by atoms with Crippen LogP contribution in [-0.4, -0.2) is 4.86 Å². The molecule has 25 heavy (non-hydrogen) atoms. The van der Waals surface area contributed by atoms with Crippen molar-refractivity contribution in [3.63, 3.8) is 0 Å². The highest BCUT2D eigenvalue weighted by Crippen LogP contribution is 2.41. The Kier molecular flexibility index (Phi) is 3.54. The molecule has 3 aromatic carbocycles. The number of para-hydroxylation sites is 1. The van der Waals surface area contributed by atoms with Gasteiger partial charge in [0.15, 0.2) is 0 Å². The first-order valence-electron chi connectivity index (χ1n) is 8.46. The summed E-state index contributed by atoms with van der Waals surface area (Å²) in [5.41, 5.74) is 5.68. The van der Waals surface area contributed by atoms with Gasteiger partial charge in [0.2, 0.25) is 0 Å². The van der Waals surface area contributed by atoms with Gasteiger partial charge in [-0.25, -0.2) is 0 Å². The maximum absolute atomic E-state index is 6.19. The number of fused-ring (bicyclic) bond motifs is 5. The molecule has 1 unspecified atom stereocenters. The van der Waals surface area contributed by atoms with E-state index in [1.165, 1.54) is 27.5 Å². The molecule has 122 valence electrons. The number of halogens is 1. The number of aryl methyl sites for hydroxylation is 1. The van der Waals surface area contributed by atoms with Gasteiger partial charge in [-0.2, -0.15) is 0 Å². The van der Waals surface area contributed by atoms with E-state index in [9.17, 15) is 0 Å². The van der Waals surface area contributed by atoms with Gasteiger partial charge in [-0.15, -0.1) is 0 Å². The van der Waals surface area contributed by atoms with Gasteiger partial charge in [0.25, 0.3) is 0 Å². The molecule has 0 spiro atoms. The van der Waals surface area contributed by atoms with Crippen molar-refractivity contribution in [1.29, 1.82) is 0 Å². The number of furan rings is 1. The molecule has 0 saturated carbocycles. The number of hydrogen-bond donors (Lipinski definition) is 0. The van der Waals surface area contributed by atoms with Crippen LogP contribution in [0.25, 0.3) is 21.9 Å². The monoisotopic (exact) mass is 406 g/mol. The summed E-state index contributed by atoms with van der Waals surface area (Å²) >= 11 is 9.59. The standard InChI is InChI=1S/C22H15BrOS/c23-19-7-3-1-5-13(19)17-11-10-16-18(22(17)25)12-9-15-14-6-2-4-8-20(14)24-21(15)16/h1-9,12,17H,10-11H2. The van der Waals surface area contributed by atoms with Crippen molar-refractivity contribution in [3.05, 3.63) is 81.8 Å². The Bertz CT molecular complexity index is 1140. The Morgan fingerprint density at radius 3 is 2.60 bits per heavy atom. The van der Waals surface area contributed by atoms with E-state index in [2.05, 4.69) is 58.4 Å². The molecule has 1 atom stereocenters. The topological polar surface area (TPSA) is 13.1 Å². The van der Waals surface area contributed by atoms with Gasteiger partial charge in [-0.1, -0.05) is 70.6 Å². The lowest BCUT2D eigenvalue weighted by Gasteiger charge is -2.27. The van der Waals surface area contributed by atoms with Gasteiger partial charge in [-0.05, 0) is 42.2 Å². The highest BCUT2D eigenvalue weighted by Gasteiger charge is 2.29. The Morgan fingerprint density at radius 1 is 0.920 bits per heavy atom. The molecule has 3 heteroatoms. The van der Waals surface area contributed by atoms with E-state index in [1.54, 1.807) is 0 Å². The van der Waals surface area contributed by atoms with E-state index in [1.807, 2.05) is 18.2 Å². The minimum Gasteiger partial charge on any atom is -0.456 e. The second-order valence-electron chi connectivity index (χ2n) is 6.54. The number of rotatable bonds is 1. The molecule has 1 aliphatic carbocycles. The van der Waals surface area contributed by atoms with Crippen LogP contribution in [0.2, 0.25) is 0 Å². The van der Waals surface area contributed by atoms with Gasteiger partial charge in [-0.3, -0.25) is 0 Å². The van der Waals surface area contributed by atoms with Crippen molar-refractivity contribution in [2.24, 2.45) is 0 Å². The Labute approximate surface area is 159 Å². The summed E-state index contributed by atoms with van der Waals surface area (Å²) in [6, 6.07) is 21.0. The van der Waals surface area contributed by atoms with Crippen LogP contribution in [0.5, 0.6) is 0 Å². The van der Waals surface area contributed by atoms with E-state index in [0.29, 0.717) is 0 Å². The van der Waals surface area contributed by atoms with E-state index < -0.39 is 0 Å². The van der Waals surface area contributed by atoms with Crippen molar-refractivity contribution in [2.75, 3.05) is 0 Å². The summed E-state index contributed by atoms with van der Waals surface area (Å²) < 4.78 is 7.33. The van der Waals surface area contributed by atoms with Gasteiger partial charge in [0, 0.05) is 31.6 Å². The summed E-state index contributed by atoms with van der Waals surface area (Å²) in [6.45, 7) is 0. The fourth-order valence-corrected chi connectivity index (χ4v) is 4.98. The highest BCUT2D eigenvalue weighted by atomic mass is 79.9. The molecule has 5 rings (SSSR count). The van der Waals surface area contributed by atoms with E-state index in [4.69, 9.17) is 16.6 Å². The van der Waals surface area contributed by atoms with Crippen LogP contribution in [0, 0.1) is 0 Å². The summed E-state index contributed by atoms with van der Waals surface area (Å²) in [5, 5.41) is 2.37. The molecule has 4 aromatic rings. The van der Waals surface area contributed by atoms with Crippen LogP contribution < -0.4 is 0 Å². The van der Waals surface area contributed by atoms with Crippen LogP contribution >= 0.6 is 28.1 Å². The van der Waals surface area contributed by atoms with Gasteiger partial charge in [0.1, 0.15) is 11.2 Å². The average Bonchev–Trinajstić information content (AvgIpc) is 3.02. The van der Waals surface area contributed by atoms with Crippen molar-refractivity contribution in [2.45, 2.75) is 18.8 Å². The van der Waals surface area contributed by atoms with Crippen LogP contribution in [-0.2, 0) is 6.42 Å². The molecule has 0 bridgehead atoms. The summed E-state index contributed by atoms with van der Waals surface area (Å²) in [4.78, 5) is 1.02. The molecule has 0 radical (unpaired) electrons. The minimum atomic E-state index is 0.278. The number of hydrogen-bond acceptors (Lipinski definition) is 2. The van der Waals surface area contributed by atoms with Crippen LogP contribution in [0.4, 0.5) is 0 Å². The minimum absolute atomic E-state index is 0.278. The molecule has 1 aromatic heterocycles. The van der Waals surface area contributed by atoms with Crippen LogP contribution in [0.15, 0.2) is 69.6 Å². The molecule has 0 amide bonds. The van der Waals surface area contributed by atoms with Gasteiger partial charge < -0.3 is 4.42 Å². The smallest absolute Gasteiger partial charge is 0.139 e. The van der Waals surface area contributed by atoms with Crippen molar-refractivity contribution in [1.82, 2.24) is 0 Å². The van der Waals surface area contributed by atoms with E-state index in [0.717, 1.165) is 33.3 Å². The Morgan fingerprint density at radius 2 is 1.72 bits per heavy atom. The Balaban J connectivity index is 1.69.